The van der Waals surface area contributed by atoms with Crippen LogP contribution in [0, 0.1) is 0 Å². The Hall–Kier alpha value is -0.570. The van der Waals surface area contributed by atoms with E-state index < -0.39 is 6.10 Å². The third kappa shape index (κ3) is 1.97. The summed E-state index contributed by atoms with van der Waals surface area (Å²) in [6.45, 7) is -0.270. The largest absolute Gasteiger partial charge is 0.393 e. The fourth-order valence-electron chi connectivity index (χ4n) is 1.08. The van der Waals surface area contributed by atoms with Crippen molar-refractivity contribution in [3.63, 3.8) is 0 Å². The molecule has 1 aromatic carbocycles. The lowest BCUT2D eigenvalue weighted by Crippen LogP contribution is -2.04. The van der Waals surface area contributed by atoms with Crippen LogP contribution in [0.1, 0.15) is 17.2 Å². The fourth-order valence-corrected chi connectivity index (χ4v) is 1.32. The predicted octanol–water partition coefficient (Wildman–Crippen LogP) is 1.45. The van der Waals surface area contributed by atoms with Gasteiger partial charge < -0.3 is 10.2 Å². The Morgan fingerprint density at radius 1 is 1.33 bits per heavy atom. The number of alkyl halides is 1. The topological polar surface area (TPSA) is 40.5 Å². The molecule has 0 fully saturated rings. The van der Waals surface area contributed by atoms with Crippen molar-refractivity contribution in [2.24, 2.45) is 0 Å². The summed E-state index contributed by atoms with van der Waals surface area (Å²) in [5.74, 6) is 0.354. The minimum atomic E-state index is -0.819. The second-order valence-electron chi connectivity index (χ2n) is 2.53. The number of hydrogen-bond donors (Lipinski definition) is 2. The summed E-state index contributed by atoms with van der Waals surface area (Å²) in [7, 11) is 0. The second-order valence-corrected chi connectivity index (χ2v) is 2.80. The van der Waals surface area contributed by atoms with E-state index >= 15 is 0 Å². The molecular weight excluding hydrogens is 176 g/mol. The molecule has 0 spiro atoms. The van der Waals surface area contributed by atoms with Crippen LogP contribution in [0.2, 0.25) is 0 Å². The Kier molecular flexibility index (Phi) is 3.53. The minimum absolute atomic E-state index is 0.270. The van der Waals surface area contributed by atoms with Gasteiger partial charge in [0.2, 0.25) is 0 Å². The Morgan fingerprint density at radius 3 is 2.58 bits per heavy atom. The van der Waals surface area contributed by atoms with Gasteiger partial charge in [-0.25, -0.2) is 0 Å². The lowest BCUT2D eigenvalue weighted by molar-refractivity contribution is 0.0950. The number of halogens is 1. The van der Waals surface area contributed by atoms with Crippen LogP contribution < -0.4 is 0 Å². The van der Waals surface area contributed by atoms with Gasteiger partial charge in [0, 0.05) is 5.88 Å². The molecule has 1 aromatic rings. The molecule has 2 N–H and O–H groups in total. The van der Waals surface area contributed by atoms with E-state index in [-0.39, 0.29) is 6.61 Å². The molecule has 0 saturated heterocycles. The van der Waals surface area contributed by atoms with Crippen molar-refractivity contribution in [2.75, 3.05) is 6.61 Å². The summed E-state index contributed by atoms with van der Waals surface area (Å²) >= 11 is 5.64. The maximum atomic E-state index is 9.33. The van der Waals surface area contributed by atoms with Gasteiger partial charge in [-0.1, -0.05) is 24.3 Å². The molecule has 0 amide bonds. The number of benzene rings is 1. The molecular formula is C9H11ClO2. The summed E-state index contributed by atoms with van der Waals surface area (Å²) in [6.07, 6.45) is -0.819. The van der Waals surface area contributed by atoms with Crippen LogP contribution in [-0.4, -0.2) is 16.8 Å². The normalized spacial score (nSPS) is 12.9. The lowest BCUT2D eigenvalue weighted by atomic mass is 10.0. The maximum Gasteiger partial charge on any atom is 0.102 e. The van der Waals surface area contributed by atoms with Crippen LogP contribution in [0.15, 0.2) is 24.3 Å². The number of rotatable bonds is 3. The number of aliphatic hydroxyl groups excluding tert-OH is 2. The van der Waals surface area contributed by atoms with E-state index in [0.717, 1.165) is 5.56 Å². The molecule has 0 heterocycles. The van der Waals surface area contributed by atoms with Crippen LogP contribution >= 0.6 is 11.6 Å². The van der Waals surface area contributed by atoms with Gasteiger partial charge in [-0.05, 0) is 11.1 Å². The van der Waals surface area contributed by atoms with Gasteiger partial charge in [-0.15, -0.1) is 11.6 Å². The van der Waals surface area contributed by atoms with Crippen molar-refractivity contribution < 1.29 is 10.2 Å². The zero-order chi connectivity index (χ0) is 8.97. The highest BCUT2D eigenvalue weighted by Gasteiger charge is 2.08. The molecule has 66 valence electrons. The maximum absolute atomic E-state index is 9.33. The van der Waals surface area contributed by atoms with Crippen LogP contribution in [0.25, 0.3) is 0 Å². The van der Waals surface area contributed by atoms with E-state index in [1.54, 1.807) is 6.07 Å². The van der Waals surface area contributed by atoms with Gasteiger partial charge in [0.15, 0.2) is 0 Å². The monoisotopic (exact) mass is 186 g/mol. The van der Waals surface area contributed by atoms with E-state index in [0.29, 0.717) is 11.4 Å². The van der Waals surface area contributed by atoms with Crippen LogP contribution in [0.3, 0.4) is 0 Å². The summed E-state index contributed by atoms with van der Waals surface area (Å²) in [5, 5.41) is 18.0. The molecule has 0 aliphatic carbocycles. The molecule has 3 heteroatoms. The van der Waals surface area contributed by atoms with Gasteiger partial charge in [0.1, 0.15) is 6.10 Å². The summed E-state index contributed by atoms with van der Waals surface area (Å²) < 4.78 is 0. The van der Waals surface area contributed by atoms with Crippen LogP contribution in [-0.2, 0) is 5.88 Å². The third-order valence-electron chi connectivity index (χ3n) is 1.73. The van der Waals surface area contributed by atoms with Crippen molar-refractivity contribution in [2.45, 2.75) is 12.0 Å². The van der Waals surface area contributed by atoms with Gasteiger partial charge in [0.05, 0.1) is 6.61 Å². The molecule has 2 nitrogen and oxygen atoms in total. The van der Waals surface area contributed by atoms with Crippen LogP contribution in [0.4, 0.5) is 0 Å². The molecule has 0 aliphatic heterocycles. The Labute approximate surface area is 76.4 Å². The van der Waals surface area contributed by atoms with Crippen LogP contribution in [0.5, 0.6) is 0 Å². The molecule has 0 saturated carbocycles. The first kappa shape index (κ1) is 9.52. The predicted molar refractivity (Wildman–Crippen MR) is 48.0 cm³/mol. The first-order chi connectivity index (χ1) is 5.79. The Morgan fingerprint density at radius 2 is 2.00 bits per heavy atom. The highest BCUT2D eigenvalue weighted by molar-refractivity contribution is 6.17. The van der Waals surface area contributed by atoms with Crippen molar-refractivity contribution in [1.82, 2.24) is 0 Å². The number of hydrogen-bond acceptors (Lipinski definition) is 2. The third-order valence-corrected chi connectivity index (χ3v) is 2.02. The van der Waals surface area contributed by atoms with E-state index in [1.165, 1.54) is 0 Å². The van der Waals surface area contributed by atoms with Crippen molar-refractivity contribution in [3.8, 4) is 0 Å². The highest BCUT2D eigenvalue weighted by atomic mass is 35.5. The molecule has 1 rings (SSSR count). The highest BCUT2D eigenvalue weighted by Crippen LogP contribution is 2.18. The zero-order valence-electron chi connectivity index (χ0n) is 6.57. The molecule has 0 aliphatic rings. The van der Waals surface area contributed by atoms with Crippen molar-refractivity contribution in [3.05, 3.63) is 35.4 Å². The fraction of sp³-hybridized carbons (Fsp3) is 0.333. The van der Waals surface area contributed by atoms with Gasteiger partial charge in [-0.3, -0.25) is 0 Å². The molecule has 1 atom stereocenters. The smallest absolute Gasteiger partial charge is 0.102 e. The minimum Gasteiger partial charge on any atom is -0.393 e. The standard InChI is InChI=1S/C9H11ClO2/c10-5-7-3-1-2-4-8(7)9(12)6-11/h1-4,9,11-12H,5-6H2/t9-/m0/s1. The van der Waals surface area contributed by atoms with Gasteiger partial charge >= 0.3 is 0 Å². The summed E-state index contributed by atoms with van der Waals surface area (Å²) in [4.78, 5) is 0. The molecule has 0 radical (unpaired) electrons. The quantitative estimate of drug-likeness (QED) is 0.702. The number of aliphatic hydroxyl groups is 2. The molecule has 0 bridgehead atoms. The first-order valence-electron chi connectivity index (χ1n) is 3.72. The van der Waals surface area contributed by atoms with Gasteiger partial charge in [0.25, 0.3) is 0 Å². The zero-order valence-corrected chi connectivity index (χ0v) is 7.33. The van der Waals surface area contributed by atoms with E-state index in [4.69, 9.17) is 16.7 Å². The Bertz CT molecular complexity index is 250. The van der Waals surface area contributed by atoms with Crippen molar-refractivity contribution in [1.29, 1.82) is 0 Å². The van der Waals surface area contributed by atoms with E-state index in [1.807, 2.05) is 18.2 Å². The van der Waals surface area contributed by atoms with E-state index in [2.05, 4.69) is 0 Å². The van der Waals surface area contributed by atoms with Crippen molar-refractivity contribution >= 4 is 11.6 Å². The lowest BCUT2D eigenvalue weighted by Gasteiger charge is -2.10. The average molecular weight is 187 g/mol. The Balaban J connectivity index is 2.96. The summed E-state index contributed by atoms with van der Waals surface area (Å²) in [6, 6.07) is 7.26. The van der Waals surface area contributed by atoms with Gasteiger partial charge in [-0.2, -0.15) is 0 Å². The molecule has 12 heavy (non-hydrogen) atoms. The van der Waals surface area contributed by atoms with E-state index in [9.17, 15) is 5.11 Å². The second kappa shape index (κ2) is 4.45. The summed E-state index contributed by atoms with van der Waals surface area (Å²) in [5.41, 5.74) is 1.57. The SMILES string of the molecule is OC[C@H](O)c1ccccc1CCl. The molecule has 0 aromatic heterocycles. The first-order valence-corrected chi connectivity index (χ1v) is 4.25. The molecule has 0 unspecified atom stereocenters. The average Bonchev–Trinajstić information content (AvgIpc) is 2.16.